The average molecular weight is 166 g/mol. The monoisotopic (exact) mass is 166 g/mol. The molecule has 12 heavy (non-hydrogen) atoms. The summed E-state index contributed by atoms with van der Waals surface area (Å²) >= 11 is 0. The van der Waals surface area contributed by atoms with Crippen molar-refractivity contribution in [3.05, 3.63) is 35.9 Å². The van der Waals surface area contributed by atoms with E-state index in [-0.39, 0.29) is 5.92 Å². The van der Waals surface area contributed by atoms with Crippen LogP contribution in [0.1, 0.15) is 26.3 Å². The second-order valence-corrected chi connectivity index (χ2v) is 3.60. The fourth-order valence-electron chi connectivity index (χ4n) is 1.10. The predicted molar refractivity (Wildman–Crippen MR) is 49.7 cm³/mol. The molecule has 0 saturated heterocycles. The quantitative estimate of drug-likeness (QED) is 0.630. The summed E-state index contributed by atoms with van der Waals surface area (Å²) in [6.45, 7) is 5.42. The topological polar surface area (TPSA) is 0 Å². The molecule has 0 unspecified atom stereocenters. The Bertz CT molecular complexity index is 236. The minimum atomic E-state index is -1.21. The molecule has 0 aromatic heterocycles. The maximum atomic E-state index is 13.9. The number of benzene rings is 1. The predicted octanol–water partition coefficient (Wildman–Crippen LogP) is 3.53. The van der Waals surface area contributed by atoms with Gasteiger partial charge in [-0.3, -0.25) is 0 Å². The average Bonchev–Trinajstić information content (AvgIpc) is 2.06. The van der Waals surface area contributed by atoms with Gasteiger partial charge < -0.3 is 0 Å². The maximum absolute atomic E-state index is 13.9. The van der Waals surface area contributed by atoms with Crippen LogP contribution in [0.3, 0.4) is 0 Å². The maximum Gasteiger partial charge on any atom is 0.135 e. The van der Waals surface area contributed by atoms with E-state index >= 15 is 0 Å². The van der Waals surface area contributed by atoms with Gasteiger partial charge in [0.15, 0.2) is 0 Å². The highest BCUT2D eigenvalue weighted by atomic mass is 19.1. The summed E-state index contributed by atoms with van der Waals surface area (Å²) in [4.78, 5) is 0. The molecule has 66 valence electrons. The van der Waals surface area contributed by atoms with Crippen molar-refractivity contribution < 1.29 is 4.39 Å². The van der Waals surface area contributed by atoms with Crippen molar-refractivity contribution in [2.75, 3.05) is 0 Å². The molecule has 0 radical (unpaired) electrons. The smallest absolute Gasteiger partial charge is 0.135 e. The third-order valence-corrected chi connectivity index (χ3v) is 2.42. The zero-order valence-corrected chi connectivity index (χ0v) is 7.84. The van der Waals surface area contributed by atoms with E-state index in [4.69, 9.17) is 0 Å². The summed E-state index contributed by atoms with van der Waals surface area (Å²) in [6, 6.07) is 9.31. The van der Waals surface area contributed by atoms with Crippen LogP contribution in [0.2, 0.25) is 0 Å². The van der Waals surface area contributed by atoms with Gasteiger partial charge >= 0.3 is 0 Å². The number of hydrogen-bond acceptors (Lipinski definition) is 0. The lowest BCUT2D eigenvalue weighted by atomic mass is 9.87. The Hall–Kier alpha value is -0.850. The van der Waals surface area contributed by atoms with E-state index in [0.717, 1.165) is 5.56 Å². The summed E-state index contributed by atoms with van der Waals surface area (Å²) in [5.41, 5.74) is -0.443. The van der Waals surface area contributed by atoms with Gasteiger partial charge in [-0.2, -0.15) is 0 Å². The highest BCUT2D eigenvalue weighted by Gasteiger charge is 2.29. The SMILES string of the molecule is CC(C)[C@](C)(F)c1ccccc1. The van der Waals surface area contributed by atoms with E-state index in [1.807, 2.05) is 44.2 Å². The molecule has 1 rings (SSSR count). The van der Waals surface area contributed by atoms with E-state index in [0.29, 0.717) is 0 Å². The van der Waals surface area contributed by atoms with Crippen molar-refractivity contribution >= 4 is 0 Å². The fraction of sp³-hybridized carbons (Fsp3) is 0.455. The standard InChI is InChI=1S/C11H15F/c1-9(2)11(3,12)10-7-5-4-6-8-10/h4-9H,1-3H3/t11-/m0/s1. The third kappa shape index (κ3) is 1.66. The minimum absolute atomic E-state index is 0.0138. The molecule has 1 aromatic rings. The Labute approximate surface area is 73.4 Å². The highest BCUT2D eigenvalue weighted by Crippen LogP contribution is 2.32. The molecule has 0 saturated carbocycles. The summed E-state index contributed by atoms with van der Waals surface area (Å²) in [6.07, 6.45) is 0. The molecule has 0 amide bonds. The molecular weight excluding hydrogens is 151 g/mol. The van der Waals surface area contributed by atoms with Crippen molar-refractivity contribution in [1.29, 1.82) is 0 Å². The molecule has 0 aliphatic carbocycles. The summed E-state index contributed by atoms with van der Waals surface area (Å²) in [7, 11) is 0. The van der Waals surface area contributed by atoms with Gasteiger partial charge in [0.2, 0.25) is 0 Å². The normalized spacial score (nSPS) is 16.1. The molecule has 0 bridgehead atoms. The van der Waals surface area contributed by atoms with E-state index in [1.165, 1.54) is 0 Å². The van der Waals surface area contributed by atoms with Gasteiger partial charge in [-0.05, 0) is 18.4 Å². The van der Waals surface area contributed by atoms with Crippen molar-refractivity contribution in [2.24, 2.45) is 5.92 Å². The molecule has 0 spiro atoms. The van der Waals surface area contributed by atoms with Crippen LogP contribution in [0, 0.1) is 5.92 Å². The first-order chi connectivity index (χ1) is 5.55. The third-order valence-electron chi connectivity index (χ3n) is 2.42. The number of rotatable bonds is 2. The molecule has 0 aliphatic heterocycles. The summed E-state index contributed by atoms with van der Waals surface area (Å²) in [5, 5.41) is 0. The summed E-state index contributed by atoms with van der Waals surface area (Å²) < 4.78 is 13.9. The van der Waals surface area contributed by atoms with Crippen molar-refractivity contribution in [3.8, 4) is 0 Å². The van der Waals surface area contributed by atoms with Gasteiger partial charge in [0, 0.05) is 0 Å². The minimum Gasteiger partial charge on any atom is -0.239 e. The van der Waals surface area contributed by atoms with Gasteiger partial charge in [0.05, 0.1) is 0 Å². The first-order valence-corrected chi connectivity index (χ1v) is 4.29. The van der Waals surface area contributed by atoms with Crippen LogP contribution in [0.15, 0.2) is 30.3 Å². The second-order valence-electron chi connectivity index (χ2n) is 3.60. The number of hydrogen-bond donors (Lipinski definition) is 0. The molecule has 1 atom stereocenters. The van der Waals surface area contributed by atoms with Gasteiger partial charge in [-0.15, -0.1) is 0 Å². The zero-order chi connectivity index (χ0) is 9.19. The molecule has 0 fully saturated rings. The summed E-state index contributed by atoms with van der Waals surface area (Å²) in [5.74, 6) is 0.0138. The number of alkyl halides is 1. The largest absolute Gasteiger partial charge is 0.239 e. The Balaban J connectivity index is 2.98. The molecule has 1 aromatic carbocycles. The second kappa shape index (κ2) is 3.26. The van der Waals surface area contributed by atoms with Crippen LogP contribution in [-0.2, 0) is 5.67 Å². The zero-order valence-electron chi connectivity index (χ0n) is 7.84. The van der Waals surface area contributed by atoms with Gasteiger partial charge in [0.25, 0.3) is 0 Å². The first kappa shape index (κ1) is 9.24. The molecule has 0 aliphatic rings. The van der Waals surface area contributed by atoms with Gasteiger partial charge in [-0.25, -0.2) is 4.39 Å². The molecule has 0 nitrogen and oxygen atoms in total. The van der Waals surface area contributed by atoms with E-state index < -0.39 is 5.67 Å². The first-order valence-electron chi connectivity index (χ1n) is 4.29. The van der Waals surface area contributed by atoms with Crippen molar-refractivity contribution in [1.82, 2.24) is 0 Å². The Morgan fingerprint density at radius 3 is 2.08 bits per heavy atom. The van der Waals surface area contributed by atoms with Crippen LogP contribution in [0.5, 0.6) is 0 Å². The van der Waals surface area contributed by atoms with Crippen LogP contribution in [0.25, 0.3) is 0 Å². The highest BCUT2D eigenvalue weighted by molar-refractivity contribution is 5.21. The fourth-order valence-corrected chi connectivity index (χ4v) is 1.10. The van der Waals surface area contributed by atoms with Crippen LogP contribution < -0.4 is 0 Å². The molecular formula is C11H15F. The van der Waals surface area contributed by atoms with E-state index in [2.05, 4.69) is 0 Å². The van der Waals surface area contributed by atoms with Crippen molar-refractivity contribution in [3.63, 3.8) is 0 Å². The Morgan fingerprint density at radius 1 is 1.17 bits per heavy atom. The van der Waals surface area contributed by atoms with Crippen LogP contribution in [-0.4, -0.2) is 0 Å². The molecule has 0 N–H and O–H groups in total. The lowest BCUT2D eigenvalue weighted by Gasteiger charge is -2.24. The lowest BCUT2D eigenvalue weighted by molar-refractivity contribution is 0.123. The molecule has 0 heterocycles. The van der Waals surface area contributed by atoms with E-state index in [1.54, 1.807) is 6.92 Å². The lowest BCUT2D eigenvalue weighted by Crippen LogP contribution is -2.22. The number of halogens is 1. The Morgan fingerprint density at radius 2 is 1.67 bits per heavy atom. The van der Waals surface area contributed by atoms with Gasteiger partial charge in [0.1, 0.15) is 5.67 Å². The van der Waals surface area contributed by atoms with Crippen LogP contribution >= 0.6 is 0 Å². The van der Waals surface area contributed by atoms with Crippen LogP contribution in [0.4, 0.5) is 4.39 Å². The van der Waals surface area contributed by atoms with Gasteiger partial charge in [-0.1, -0.05) is 44.2 Å². The molecule has 1 heteroatoms. The van der Waals surface area contributed by atoms with Crippen molar-refractivity contribution in [2.45, 2.75) is 26.4 Å². The van der Waals surface area contributed by atoms with E-state index in [9.17, 15) is 4.39 Å². The Kier molecular flexibility index (Phi) is 2.51.